The van der Waals surface area contributed by atoms with E-state index in [9.17, 15) is 20.4 Å². The maximum atomic E-state index is 10.6. The first-order valence-corrected chi connectivity index (χ1v) is 16.8. The topological polar surface area (TPSA) is 93.0 Å². The molecular weight excluding hydrogens is 606 g/mol. The van der Waals surface area contributed by atoms with Crippen molar-refractivity contribution in [3.05, 3.63) is 131 Å². The summed E-state index contributed by atoms with van der Waals surface area (Å²) in [6.45, 7) is 14.4. The number of anilines is 2. The Balaban J connectivity index is 0.00000205. The van der Waals surface area contributed by atoms with E-state index in [2.05, 4.69) is 112 Å². The van der Waals surface area contributed by atoms with Crippen LogP contribution in [-0.4, -0.2) is 20.4 Å². The van der Waals surface area contributed by atoms with Gasteiger partial charge in [-0.05, 0) is 112 Å². The largest absolute Gasteiger partial charge is 0.507 e. The molecule has 5 heteroatoms. The zero-order valence-electron chi connectivity index (χ0n) is 29.1. The molecule has 6 aromatic rings. The van der Waals surface area contributed by atoms with Crippen LogP contribution in [0.5, 0.6) is 23.0 Å². The Bertz CT molecular complexity index is 2180. The molecule has 1 aliphatic rings. The lowest BCUT2D eigenvalue weighted by Crippen LogP contribution is -2.15. The molecule has 5 N–H and O–H groups in total. The number of aryl methyl sites for hydroxylation is 1. The van der Waals surface area contributed by atoms with Crippen LogP contribution in [0.4, 0.5) is 11.4 Å². The van der Waals surface area contributed by atoms with Crippen LogP contribution in [0.2, 0.25) is 0 Å². The smallest absolute Gasteiger partial charge is 0.201 e. The Morgan fingerprint density at radius 3 is 1.73 bits per heavy atom. The summed E-state index contributed by atoms with van der Waals surface area (Å²) in [6, 6.07) is 35.7. The number of rotatable bonds is 5. The summed E-state index contributed by atoms with van der Waals surface area (Å²) < 4.78 is 0. The molecule has 0 unspecified atom stereocenters. The third-order valence-electron chi connectivity index (χ3n) is 9.85. The van der Waals surface area contributed by atoms with Gasteiger partial charge in [0.2, 0.25) is 5.75 Å². The maximum absolute atomic E-state index is 10.6. The molecule has 0 aliphatic heterocycles. The van der Waals surface area contributed by atoms with Gasteiger partial charge in [-0.3, -0.25) is 0 Å². The highest BCUT2D eigenvalue weighted by Crippen LogP contribution is 2.52. The molecule has 49 heavy (non-hydrogen) atoms. The molecule has 248 valence electrons. The fraction of sp³-hybridized carbons (Fsp3) is 0.182. The summed E-state index contributed by atoms with van der Waals surface area (Å²) >= 11 is 0. The molecule has 0 saturated carbocycles. The van der Waals surface area contributed by atoms with E-state index < -0.39 is 17.2 Å². The molecule has 0 atom stereocenters. The predicted molar refractivity (Wildman–Crippen MR) is 202 cm³/mol. The van der Waals surface area contributed by atoms with E-state index >= 15 is 0 Å². The second-order valence-electron chi connectivity index (χ2n) is 13.0. The summed E-state index contributed by atoms with van der Waals surface area (Å²) in [5, 5.41) is 44.6. The SMILES string of the molecule is CC.Cc1ccccc1-c1cccc(-c2ccc3c(c2)C(C)(C)c2cc(Nc4ccc(-c5c(O)c(C)c(O)c(O)c5O)cc4)ccc2-3)c1C. The summed E-state index contributed by atoms with van der Waals surface area (Å²) in [6.07, 6.45) is 0. The van der Waals surface area contributed by atoms with E-state index in [0.717, 1.165) is 11.4 Å². The zero-order valence-corrected chi connectivity index (χ0v) is 29.1. The summed E-state index contributed by atoms with van der Waals surface area (Å²) in [4.78, 5) is 0. The van der Waals surface area contributed by atoms with E-state index in [1.165, 1.54) is 62.6 Å². The van der Waals surface area contributed by atoms with Crippen molar-refractivity contribution in [2.75, 3.05) is 5.32 Å². The van der Waals surface area contributed by atoms with Gasteiger partial charge >= 0.3 is 0 Å². The second kappa shape index (κ2) is 12.7. The van der Waals surface area contributed by atoms with E-state index in [4.69, 9.17) is 0 Å². The number of aromatic hydroxyl groups is 4. The monoisotopic (exact) mass is 649 g/mol. The van der Waals surface area contributed by atoms with Crippen LogP contribution in [0.1, 0.15) is 55.5 Å². The molecule has 1 aliphatic carbocycles. The molecule has 0 radical (unpaired) electrons. The molecule has 0 spiro atoms. The fourth-order valence-corrected chi connectivity index (χ4v) is 7.08. The Hall–Kier alpha value is -5.68. The third kappa shape index (κ3) is 5.55. The number of phenols is 4. The predicted octanol–water partition coefficient (Wildman–Crippen LogP) is 11.5. The van der Waals surface area contributed by atoms with Gasteiger partial charge in [-0.2, -0.15) is 0 Å². The van der Waals surface area contributed by atoms with Crippen LogP contribution in [0.15, 0.2) is 103 Å². The van der Waals surface area contributed by atoms with Crippen molar-refractivity contribution < 1.29 is 20.4 Å². The number of hydrogen-bond acceptors (Lipinski definition) is 5. The quantitative estimate of drug-likeness (QED) is 0.0946. The number of benzene rings is 6. The van der Waals surface area contributed by atoms with E-state index in [-0.39, 0.29) is 22.3 Å². The van der Waals surface area contributed by atoms with Crippen molar-refractivity contribution in [2.45, 2.75) is 53.9 Å². The van der Waals surface area contributed by atoms with Gasteiger partial charge in [0.1, 0.15) is 5.75 Å². The molecule has 0 heterocycles. The maximum Gasteiger partial charge on any atom is 0.201 e. The first-order chi connectivity index (χ1) is 23.5. The van der Waals surface area contributed by atoms with Crippen LogP contribution in [0, 0.1) is 20.8 Å². The van der Waals surface area contributed by atoms with Gasteiger partial charge in [-0.1, -0.05) is 100 Å². The number of nitrogens with one attached hydrogen (secondary N) is 1. The third-order valence-corrected chi connectivity index (χ3v) is 9.85. The number of phenolic OH excluding ortho intramolecular Hbond substituents is 4. The summed E-state index contributed by atoms with van der Waals surface area (Å²) in [5.74, 6) is -2.04. The molecule has 0 fully saturated rings. The van der Waals surface area contributed by atoms with Gasteiger partial charge in [0.25, 0.3) is 0 Å². The van der Waals surface area contributed by atoms with Crippen LogP contribution in [0.25, 0.3) is 44.5 Å². The van der Waals surface area contributed by atoms with E-state index in [0.29, 0.717) is 5.56 Å². The second-order valence-corrected chi connectivity index (χ2v) is 13.0. The first-order valence-electron chi connectivity index (χ1n) is 16.8. The summed E-state index contributed by atoms with van der Waals surface area (Å²) in [7, 11) is 0. The van der Waals surface area contributed by atoms with E-state index in [1.54, 1.807) is 12.1 Å². The summed E-state index contributed by atoms with van der Waals surface area (Å²) in [5.41, 5.74) is 14.8. The van der Waals surface area contributed by atoms with Crippen molar-refractivity contribution in [1.82, 2.24) is 0 Å². The zero-order chi connectivity index (χ0) is 35.2. The Kier molecular flexibility index (Phi) is 8.64. The highest BCUT2D eigenvalue weighted by molar-refractivity contribution is 5.88. The standard InChI is InChI=1S/C42H37NO4.C2H6/c1-23-9-6-7-10-30(23)32-12-8-11-31(24(32)2)27-15-19-33-34-20-18-29(22-36(34)42(4,5)35(33)21-27)43-28-16-13-26(14-17-28)37-38(44)25(3)39(45)41(47)40(37)46;1-2/h6-22,43-47H,1-5H3;1-2H3. The fourth-order valence-electron chi connectivity index (χ4n) is 7.08. The highest BCUT2D eigenvalue weighted by Gasteiger charge is 2.36. The number of hydrogen-bond donors (Lipinski definition) is 5. The molecule has 0 saturated heterocycles. The average molecular weight is 650 g/mol. The molecule has 7 rings (SSSR count). The number of fused-ring (bicyclic) bond motifs is 3. The minimum atomic E-state index is -0.655. The van der Waals surface area contributed by atoms with Gasteiger partial charge in [-0.25, -0.2) is 0 Å². The molecule has 0 aromatic heterocycles. The lowest BCUT2D eigenvalue weighted by Gasteiger charge is -2.23. The first kappa shape index (κ1) is 33.2. The Labute approximate surface area is 288 Å². The van der Waals surface area contributed by atoms with Crippen LogP contribution in [0.3, 0.4) is 0 Å². The van der Waals surface area contributed by atoms with Crippen molar-refractivity contribution in [3.63, 3.8) is 0 Å². The van der Waals surface area contributed by atoms with Crippen LogP contribution < -0.4 is 5.32 Å². The average Bonchev–Trinajstić information content (AvgIpc) is 3.33. The molecule has 5 nitrogen and oxygen atoms in total. The van der Waals surface area contributed by atoms with Crippen molar-refractivity contribution in [2.24, 2.45) is 0 Å². The Morgan fingerprint density at radius 1 is 0.469 bits per heavy atom. The van der Waals surface area contributed by atoms with E-state index in [1.807, 2.05) is 26.0 Å². The minimum Gasteiger partial charge on any atom is -0.507 e. The van der Waals surface area contributed by atoms with Gasteiger partial charge in [0, 0.05) is 22.4 Å². The normalized spacial score (nSPS) is 12.5. The van der Waals surface area contributed by atoms with Crippen LogP contribution in [-0.2, 0) is 5.41 Å². The van der Waals surface area contributed by atoms with Gasteiger partial charge in [-0.15, -0.1) is 0 Å². The Morgan fingerprint density at radius 2 is 1.04 bits per heavy atom. The molecular formula is C44H43NO4. The lowest BCUT2D eigenvalue weighted by atomic mass is 9.81. The minimum absolute atomic E-state index is 0.0675. The van der Waals surface area contributed by atoms with Crippen LogP contribution >= 0.6 is 0 Å². The van der Waals surface area contributed by atoms with Crippen molar-refractivity contribution in [3.8, 4) is 67.5 Å². The van der Waals surface area contributed by atoms with Gasteiger partial charge in [0.15, 0.2) is 11.5 Å². The van der Waals surface area contributed by atoms with Gasteiger partial charge in [0.05, 0.1) is 5.56 Å². The molecule has 0 amide bonds. The molecule has 0 bridgehead atoms. The van der Waals surface area contributed by atoms with Gasteiger partial charge < -0.3 is 25.7 Å². The van der Waals surface area contributed by atoms with Crippen molar-refractivity contribution >= 4 is 11.4 Å². The lowest BCUT2D eigenvalue weighted by molar-refractivity contribution is 0.360. The molecule has 6 aromatic carbocycles. The van der Waals surface area contributed by atoms with Crippen molar-refractivity contribution in [1.29, 1.82) is 0 Å². The highest BCUT2D eigenvalue weighted by atomic mass is 16.3.